The van der Waals surface area contributed by atoms with E-state index in [1.165, 1.54) is 0 Å². The number of aromatic nitrogens is 4. The summed E-state index contributed by atoms with van der Waals surface area (Å²) >= 11 is 0. The third-order valence-electron chi connectivity index (χ3n) is 8.03. The first-order valence-corrected chi connectivity index (χ1v) is 12.0. The number of rotatable bonds is 9. The average Bonchev–Trinajstić information content (AvgIpc) is 3.48. The van der Waals surface area contributed by atoms with Crippen LogP contribution in [0.4, 0.5) is 22.4 Å². The fourth-order valence-corrected chi connectivity index (χ4v) is 6.15. The molecule has 1 unspecified atom stereocenters. The number of carbonyl (C=O) groups is 1. The number of hydrogen-bond donors (Lipinski definition) is 2. The standard InChI is InChI=1S/C25H23F4N5O4/c26-16-3-6-19(20(27)7-16)24(36,13-34-14-31-32-33-34)25(28,29)23-10-22(11-23,12-23)15-1-4-17(5-2-15)37-9-18-8-30-21(35)38-18/h1-7,14,18,36H,8-13H2,(H,30,35)/t18-,22?,23?,24?/m1/s1. The number of alkyl carbamates (subject to hydrolysis) is 1. The molecule has 0 radical (unpaired) electrons. The summed E-state index contributed by atoms with van der Waals surface area (Å²) in [4.78, 5) is 11.1. The summed E-state index contributed by atoms with van der Waals surface area (Å²) < 4.78 is 72.4. The topological polar surface area (TPSA) is 111 Å². The Hall–Kier alpha value is -3.74. The van der Waals surface area contributed by atoms with Crippen LogP contribution >= 0.6 is 0 Å². The first-order chi connectivity index (χ1) is 18.1. The zero-order chi connectivity index (χ0) is 26.8. The van der Waals surface area contributed by atoms with Crippen LogP contribution in [-0.4, -0.2) is 56.6 Å². The molecule has 4 fully saturated rings. The van der Waals surface area contributed by atoms with Crippen LogP contribution in [0, 0.1) is 17.0 Å². The second-order valence-electron chi connectivity index (χ2n) is 10.4. The van der Waals surface area contributed by atoms with E-state index in [9.17, 15) is 18.7 Å². The van der Waals surface area contributed by atoms with Crippen molar-refractivity contribution in [3.8, 4) is 5.75 Å². The highest BCUT2D eigenvalue weighted by atomic mass is 19.3. The SMILES string of the molecule is O=C1NC[C@H](COc2ccc(C34CC(C(F)(F)C(O)(Cn5cnnn5)c5ccc(F)cc5F)(C3)C4)cc2)O1. The molecular weight excluding hydrogens is 510 g/mol. The van der Waals surface area contributed by atoms with Gasteiger partial charge in [-0.2, -0.15) is 0 Å². The molecule has 2 N–H and O–H groups in total. The van der Waals surface area contributed by atoms with Crippen LogP contribution in [0.25, 0.3) is 0 Å². The number of benzene rings is 2. The van der Waals surface area contributed by atoms with Crippen molar-refractivity contribution in [1.82, 2.24) is 25.5 Å². The van der Waals surface area contributed by atoms with E-state index in [0.29, 0.717) is 18.4 Å². The molecule has 9 nitrogen and oxygen atoms in total. The average molecular weight is 533 g/mol. The molecule has 1 aromatic heterocycles. The fourth-order valence-electron chi connectivity index (χ4n) is 6.15. The summed E-state index contributed by atoms with van der Waals surface area (Å²) in [7, 11) is 0. The summed E-state index contributed by atoms with van der Waals surface area (Å²) in [5.74, 6) is -5.47. The number of carbonyl (C=O) groups excluding carboxylic acids is 1. The van der Waals surface area contributed by atoms with Crippen LogP contribution in [0.5, 0.6) is 5.75 Å². The normalized spacial score (nSPS) is 27.5. The Labute approximate surface area is 213 Å². The number of amides is 1. The first-order valence-electron chi connectivity index (χ1n) is 12.0. The Kier molecular flexibility index (Phi) is 5.42. The number of nitrogens with zero attached hydrogens (tertiary/aromatic N) is 4. The fraction of sp³-hybridized carbons (Fsp3) is 0.440. The minimum absolute atomic E-state index is 0.0810. The van der Waals surface area contributed by atoms with E-state index < -0.39 is 52.2 Å². The van der Waals surface area contributed by atoms with E-state index in [-0.39, 0.29) is 32.0 Å². The highest BCUT2D eigenvalue weighted by molar-refractivity contribution is 5.69. The van der Waals surface area contributed by atoms with Gasteiger partial charge in [-0.15, -0.1) is 5.10 Å². The van der Waals surface area contributed by atoms with Gasteiger partial charge in [-0.3, -0.25) is 0 Å². The van der Waals surface area contributed by atoms with Crippen molar-refractivity contribution in [1.29, 1.82) is 0 Å². The Morgan fingerprint density at radius 2 is 1.89 bits per heavy atom. The van der Waals surface area contributed by atoms with Gasteiger partial charge in [0.1, 0.15) is 30.3 Å². The van der Waals surface area contributed by atoms with Gasteiger partial charge in [0.15, 0.2) is 11.7 Å². The molecule has 1 aliphatic heterocycles. The monoisotopic (exact) mass is 533 g/mol. The van der Waals surface area contributed by atoms with Crippen molar-refractivity contribution in [2.45, 2.75) is 48.8 Å². The molecule has 3 saturated carbocycles. The molecule has 200 valence electrons. The van der Waals surface area contributed by atoms with Crippen molar-refractivity contribution in [2.24, 2.45) is 5.41 Å². The highest BCUT2D eigenvalue weighted by Gasteiger charge is 2.82. The highest BCUT2D eigenvalue weighted by Crippen LogP contribution is 2.80. The van der Waals surface area contributed by atoms with E-state index >= 15 is 8.78 Å². The van der Waals surface area contributed by atoms with Gasteiger partial charge in [-0.05, 0) is 64.9 Å². The maximum Gasteiger partial charge on any atom is 0.407 e. The Bertz CT molecular complexity index is 1350. The van der Waals surface area contributed by atoms with E-state index in [1.54, 1.807) is 12.1 Å². The van der Waals surface area contributed by atoms with Crippen molar-refractivity contribution in [3.05, 3.63) is 71.6 Å². The molecule has 13 heteroatoms. The first kappa shape index (κ1) is 24.6. The van der Waals surface area contributed by atoms with Crippen molar-refractivity contribution in [3.63, 3.8) is 0 Å². The largest absolute Gasteiger partial charge is 0.490 e. The van der Waals surface area contributed by atoms with Gasteiger partial charge >= 0.3 is 6.09 Å². The van der Waals surface area contributed by atoms with Crippen LogP contribution in [0.3, 0.4) is 0 Å². The lowest BCUT2D eigenvalue weighted by molar-refractivity contribution is -0.347. The van der Waals surface area contributed by atoms with Crippen LogP contribution in [-0.2, 0) is 22.3 Å². The van der Waals surface area contributed by atoms with Gasteiger partial charge in [0, 0.05) is 17.0 Å². The molecule has 3 aromatic rings. The molecule has 2 bridgehead atoms. The Morgan fingerprint density at radius 1 is 1.16 bits per heavy atom. The molecule has 1 saturated heterocycles. The zero-order valence-corrected chi connectivity index (χ0v) is 19.9. The number of halogens is 4. The Morgan fingerprint density at radius 3 is 2.50 bits per heavy atom. The number of cyclic esters (lactones) is 1. The lowest BCUT2D eigenvalue weighted by atomic mass is 9.30. The van der Waals surface area contributed by atoms with E-state index in [1.807, 2.05) is 12.1 Å². The van der Waals surface area contributed by atoms with Gasteiger partial charge < -0.3 is 19.9 Å². The molecule has 7 rings (SSSR count). The molecule has 1 amide bonds. The molecule has 2 heterocycles. The van der Waals surface area contributed by atoms with Gasteiger partial charge in [-0.25, -0.2) is 27.0 Å². The Balaban J connectivity index is 1.20. The van der Waals surface area contributed by atoms with E-state index in [0.717, 1.165) is 28.7 Å². The second kappa shape index (κ2) is 8.38. The van der Waals surface area contributed by atoms with E-state index in [4.69, 9.17) is 9.47 Å². The lowest BCUT2D eigenvalue weighted by Gasteiger charge is -2.74. The third-order valence-corrected chi connectivity index (χ3v) is 8.03. The number of hydrogen-bond acceptors (Lipinski definition) is 7. The predicted octanol–water partition coefficient (Wildman–Crippen LogP) is 3.08. The second-order valence-corrected chi connectivity index (χ2v) is 10.4. The number of tetrazole rings is 1. The maximum atomic E-state index is 16.3. The smallest absolute Gasteiger partial charge is 0.407 e. The zero-order valence-electron chi connectivity index (χ0n) is 19.9. The molecule has 2 atom stereocenters. The maximum absolute atomic E-state index is 16.3. The van der Waals surface area contributed by atoms with Crippen LogP contribution < -0.4 is 10.1 Å². The number of nitrogens with one attached hydrogen (secondary N) is 1. The molecule has 4 aliphatic rings. The van der Waals surface area contributed by atoms with Crippen LogP contribution in [0.2, 0.25) is 0 Å². The van der Waals surface area contributed by atoms with Crippen LogP contribution in [0.1, 0.15) is 30.4 Å². The molecule has 38 heavy (non-hydrogen) atoms. The summed E-state index contributed by atoms with van der Waals surface area (Å²) in [5.41, 5.74) is -4.96. The molecule has 0 spiro atoms. The van der Waals surface area contributed by atoms with Crippen LogP contribution in [0.15, 0.2) is 48.8 Å². The minimum Gasteiger partial charge on any atom is -0.490 e. The quantitative estimate of drug-likeness (QED) is 0.407. The summed E-state index contributed by atoms with van der Waals surface area (Å²) in [5, 5.41) is 24.4. The molecule has 2 aromatic carbocycles. The lowest BCUT2D eigenvalue weighted by Crippen LogP contribution is -2.76. The summed E-state index contributed by atoms with van der Waals surface area (Å²) in [6.07, 6.45) is 0.408. The number of aliphatic hydroxyl groups is 1. The van der Waals surface area contributed by atoms with Crippen molar-refractivity contribution >= 4 is 6.09 Å². The number of alkyl halides is 2. The van der Waals surface area contributed by atoms with Crippen molar-refractivity contribution in [2.75, 3.05) is 13.2 Å². The minimum atomic E-state index is -3.79. The van der Waals surface area contributed by atoms with Gasteiger partial charge in [-0.1, -0.05) is 12.1 Å². The van der Waals surface area contributed by atoms with E-state index in [2.05, 4.69) is 20.8 Å². The molecule has 3 aliphatic carbocycles. The number of ether oxygens (including phenoxy) is 2. The third kappa shape index (κ3) is 3.62. The van der Waals surface area contributed by atoms with Gasteiger partial charge in [0.2, 0.25) is 0 Å². The summed E-state index contributed by atoms with van der Waals surface area (Å²) in [6.45, 7) is -0.279. The van der Waals surface area contributed by atoms with Crippen molar-refractivity contribution < 1.29 is 36.9 Å². The predicted molar refractivity (Wildman–Crippen MR) is 121 cm³/mol. The van der Waals surface area contributed by atoms with Gasteiger partial charge in [0.25, 0.3) is 5.92 Å². The summed E-state index contributed by atoms with van der Waals surface area (Å²) in [6, 6.07) is 9.21. The van der Waals surface area contributed by atoms with Gasteiger partial charge in [0.05, 0.1) is 13.1 Å². The molecular formula is C25H23F4N5O4.